The minimum atomic E-state index is -3.67. The summed E-state index contributed by atoms with van der Waals surface area (Å²) in [6.07, 6.45) is 2.44. The van der Waals surface area contributed by atoms with Crippen molar-refractivity contribution in [3.63, 3.8) is 0 Å². The lowest BCUT2D eigenvalue weighted by Gasteiger charge is -2.24. The molecule has 0 atom stereocenters. The van der Waals surface area contributed by atoms with Crippen molar-refractivity contribution in [1.29, 1.82) is 0 Å². The van der Waals surface area contributed by atoms with Crippen LogP contribution in [0.25, 0.3) is 10.9 Å². The Labute approximate surface area is 189 Å². The molecular formula is C22H22ClN3O5S. The molecule has 32 heavy (non-hydrogen) atoms. The number of hydrogen-bond acceptors (Lipinski definition) is 5. The Kier molecular flexibility index (Phi) is 5.87. The van der Waals surface area contributed by atoms with Crippen LogP contribution < -0.4 is 10.6 Å². The van der Waals surface area contributed by atoms with Gasteiger partial charge in [0.2, 0.25) is 5.91 Å². The number of aromatic hydroxyl groups is 1. The van der Waals surface area contributed by atoms with Crippen molar-refractivity contribution in [2.75, 3.05) is 16.4 Å². The third-order valence-corrected chi connectivity index (χ3v) is 7.58. The second-order valence-corrected chi connectivity index (χ2v) is 10.5. The van der Waals surface area contributed by atoms with Crippen LogP contribution in [0.15, 0.2) is 41.3 Å². The number of phenolic OH excluding ortho intramolecular Hbond substituents is 1. The normalized spacial score (nSPS) is 14.2. The molecule has 4 rings (SSSR count). The fraction of sp³-hybridized carbons (Fsp3) is 0.273. The Morgan fingerprint density at radius 2 is 1.81 bits per heavy atom. The van der Waals surface area contributed by atoms with Crippen molar-refractivity contribution in [2.24, 2.45) is 5.92 Å². The van der Waals surface area contributed by atoms with Crippen LogP contribution in [-0.2, 0) is 14.6 Å². The van der Waals surface area contributed by atoms with Gasteiger partial charge in [0.25, 0.3) is 5.91 Å². The van der Waals surface area contributed by atoms with E-state index in [0.29, 0.717) is 10.5 Å². The molecule has 168 valence electrons. The molecular weight excluding hydrogens is 454 g/mol. The van der Waals surface area contributed by atoms with Crippen LogP contribution >= 0.6 is 11.6 Å². The van der Waals surface area contributed by atoms with Gasteiger partial charge in [-0.25, -0.2) is 8.42 Å². The van der Waals surface area contributed by atoms with E-state index in [9.17, 15) is 23.1 Å². The number of phenols is 1. The molecule has 0 bridgehead atoms. The van der Waals surface area contributed by atoms with Crippen molar-refractivity contribution in [3.05, 3.63) is 47.1 Å². The van der Waals surface area contributed by atoms with Crippen molar-refractivity contribution < 1.29 is 23.1 Å². The van der Waals surface area contributed by atoms with Crippen LogP contribution in [0.1, 0.15) is 36.7 Å². The molecule has 1 saturated carbocycles. The second kappa shape index (κ2) is 8.48. The molecule has 4 N–H and O–H groups in total. The molecule has 0 aliphatic heterocycles. The van der Waals surface area contributed by atoms with Gasteiger partial charge in [-0.1, -0.05) is 24.9 Å². The minimum absolute atomic E-state index is 0.0600. The Morgan fingerprint density at radius 3 is 2.44 bits per heavy atom. The van der Waals surface area contributed by atoms with Crippen LogP contribution in [0.2, 0.25) is 5.02 Å². The highest BCUT2D eigenvalue weighted by molar-refractivity contribution is 7.91. The summed E-state index contributed by atoms with van der Waals surface area (Å²) in [6, 6.07) is 9.11. The van der Waals surface area contributed by atoms with Gasteiger partial charge >= 0.3 is 0 Å². The van der Waals surface area contributed by atoms with E-state index in [-0.39, 0.29) is 39.5 Å². The summed E-state index contributed by atoms with van der Waals surface area (Å²) >= 11 is 5.99. The first-order chi connectivity index (χ1) is 15.2. The number of carbonyl (C=O) groups is 2. The van der Waals surface area contributed by atoms with E-state index in [0.717, 1.165) is 24.6 Å². The zero-order valence-electron chi connectivity index (χ0n) is 17.2. The van der Waals surface area contributed by atoms with Gasteiger partial charge in [-0.05, 0) is 49.2 Å². The molecule has 10 heteroatoms. The first kappa shape index (κ1) is 22.2. The van der Waals surface area contributed by atoms with Crippen molar-refractivity contribution in [3.8, 4) is 5.75 Å². The SMILES string of the molecule is CCS(=O)(=O)c1cc(NC(=O)c2cc3cc(Cl)ccc3[nH]2)c(O)c(NC(=O)C2CCC2)c1. The highest BCUT2D eigenvalue weighted by atomic mass is 35.5. The number of fused-ring (bicyclic) bond motifs is 1. The molecule has 2 aromatic carbocycles. The number of sulfone groups is 1. The maximum absolute atomic E-state index is 12.8. The fourth-order valence-corrected chi connectivity index (χ4v) is 4.57. The van der Waals surface area contributed by atoms with Gasteiger partial charge in [-0.2, -0.15) is 0 Å². The highest BCUT2D eigenvalue weighted by Gasteiger charge is 2.27. The maximum atomic E-state index is 12.8. The van der Waals surface area contributed by atoms with Crippen LogP contribution in [0.5, 0.6) is 5.75 Å². The largest absolute Gasteiger partial charge is 0.504 e. The van der Waals surface area contributed by atoms with Gasteiger partial charge in [0.15, 0.2) is 15.6 Å². The lowest BCUT2D eigenvalue weighted by atomic mass is 9.85. The van der Waals surface area contributed by atoms with E-state index >= 15 is 0 Å². The first-order valence-electron chi connectivity index (χ1n) is 10.2. The lowest BCUT2D eigenvalue weighted by Crippen LogP contribution is -2.28. The molecule has 2 amide bonds. The quantitative estimate of drug-likeness (QED) is 0.395. The number of carbonyl (C=O) groups excluding carboxylic acids is 2. The molecule has 0 saturated heterocycles. The summed E-state index contributed by atoms with van der Waals surface area (Å²) in [5, 5.41) is 17.1. The summed E-state index contributed by atoms with van der Waals surface area (Å²) in [5.41, 5.74) is 0.713. The predicted molar refractivity (Wildman–Crippen MR) is 123 cm³/mol. The van der Waals surface area contributed by atoms with Crippen LogP contribution in [0.3, 0.4) is 0 Å². The van der Waals surface area contributed by atoms with Gasteiger partial charge in [0.1, 0.15) is 5.69 Å². The number of anilines is 2. The van der Waals surface area contributed by atoms with Gasteiger partial charge in [0, 0.05) is 21.8 Å². The number of aromatic nitrogens is 1. The molecule has 3 aromatic rings. The van der Waals surface area contributed by atoms with Crippen LogP contribution in [0.4, 0.5) is 11.4 Å². The molecule has 1 aliphatic rings. The van der Waals surface area contributed by atoms with Gasteiger partial charge in [-0.3, -0.25) is 9.59 Å². The number of aromatic amines is 1. The third kappa shape index (κ3) is 4.31. The summed E-state index contributed by atoms with van der Waals surface area (Å²) in [5.74, 6) is -1.64. The number of H-pyrrole nitrogens is 1. The average Bonchev–Trinajstić information content (AvgIpc) is 3.12. The first-order valence-corrected chi connectivity index (χ1v) is 12.2. The molecule has 1 fully saturated rings. The van der Waals surface area contributed by atoms with Crippen molar-refractivity contribution in [2.45, 2.75) is 31.1 Å². The molecule has 0 unspecified atom stereocenters. The van der Waals surface area contributed by atoms with E-state index in [1.54, 1.807) is 24.3 Å². The zero-order chi connectivity index (χ0) is 23.0. The topological polar surface area (TPSA) is 128 Å². The monoisotopic (exact) mass is 475 g/mol. The van der Waals surface area contributed by atoms with Crippen LogP contribution in [-0.4, -0.2) is 36.1 Å². The zero-order valence-corrected chi connectivity index (χ0v) is 18.8. The van der Waals surface area contributed by atoms with Gasteiger partial charge < -0.3 is 20.7 Å². The minimum Gasteiger partial charge on any atom is -0.504 e. The fourth-order valence-electron chi connectivity index (χ4n) is 3.47. The number of nitrogens with one attached hydrogen (secondary N) is 3. The lowest BCUT2D eigenvalue weighted by molar-refractivity contribution is -0.122. The Hall–Kier alpha value is -3.04. The van der Waals surface area contributed by atoms with E-state index in [1.807, 2.05) is 0 Å². The number of benzene rings is 2. The summed E-state index contributed by atoms with van der Waals surface area (Å²) in [6.45, 7) is 1.49. The van der Waals surface area contributed by atoms with E-state index in [2.05, 4.69) is 15.6 Å². The number of rotatable bonds is 6. The van der Waals surface area contributed by atoms with Gasteiger partial charge in [0.05, 0.1) is 22.0 Å². The molecule has 0 spiro atoms. The summed E-state index contributed by atoms with van der Waals surface area (Å²) < 4.78 is 25.0. The Morgan fingerprint density at radius 1 is 1.12 bits per heavy atom. The average molecular weight is 476 g/mol. The smallest absolute Gasteiger partial charge is 0.272 e. The van der Waals surface area contributed by atoms with Gasteiger partial charge in [-0.15, -0.1) is 0 Å². The molecule has 1 aliphatic carbocycles. The second-order valence-electron chi connectivity index (χ2n) is 7.76. The number of halogens is 1. The number of amides is 2. The summed E-state index contributed by atoms with van der Waals surface area (Å²) in [7, 11) is -3.67. The molecule has 1 aromatic heterocycles. The Balaban J connectivity index is 1.69. The standard InChI is InChI=1S/C22H22ClN3O5S/c1-2-32(30,31)15-10-17(25-21(28)12-4-3-5-12)20(27)18(11-15)26-22(29)19-9-13-8-14(23)6-7-16(13)24-19/h6-12,24,27H,2-5H2,1H3,(H,25,28)(H,26,29). The molecule has 0 radical (unpaired) electrons. The highest BCUT2D eigenvalue weighted by Crippen LogP contribution is 2.37. The van der Waals surface area contributed by atoms with E-state index < -0.39 is 21.5 Å². The Bertz CT molecular complexity index is 1330. The van der Waals surface area contributed by atoms with E-state index in [1.165, 1.54) is 19.1 Å². The molecule has 8 nitrogen and oxygen atoms in total. The van der Waals surface area contributed by atoms with Crippen molar-refractivity contribution in [1.82, 2.24) is 4.98 Å². The third-order valence-electron chi connectivity index (χ3n) is 5.63. The van der Waals surface area contributed by atoms with Crippen LogP contribution in [0, 0.1) is 5.92 Å². The predicted octanol–water partition coefficient (Wildman–Crippen LogP) is 4.31. The van der Waals surface area contributed by atoms with Crippen molar-refractivity contribution >= 4 is 55.5 Å². The summed E-state index contributed by atoms with van der Waals surface area (Å²) in [4.78, 5) is 28.1. The molecule has 1 heterocycles. The maximum Gasteiger partial charge on any atom is 0.272 e. The number of hydrogen-bond donors (Lipinski definition) is 4. The van der Waals surface area contributed by atoms with E-state index in [4.69, 9.17) is 11.6 Å².